The average molecular weight is 397 g/mol. The van der Waals surface area contributed by atoms with Crippen molar-refractivity contribution in [1.29, 1.82) is 0 Å². The van der Waals surface area contributed by atoms with E-state index in [9.17, 15) is 14.4 Å². The Labute approximate surface area is 149 Å². The third-order valence-electron chi connectivity index (χ3n) is 2.81. The summed E-state index contributed by atoms with van der Waals surface area (Å²) in [6.45, 7) is 0. The highest BCUT2D eigenvalue weighted by Gasteiger charge is 2.36. The van der Waals surface area contributed by atoms with Crippen LogP contribution in [0.2, 0.25) is 5.02 Å². The van der Waals surface area contributed by atoms with Crippen LogP contribution in [0.1, 0.15) is 16.5 Å². The van der Waals surface area contributed by atoms with Crippen LogP contribution in [0.3, 0.4) is 0 Å². The lowest BCUT2D eigenvalue weighted by Gasteiger charge is -2.27. The van der Waals surface area contributed by atoms with E-state index in [4.69, 9.17) is 46.4 Å². The van der Waals surface area contributed by atoms with Crippen molar-refractivity contribution in [2.75, 3.05) is 0 Å². The second-order valence-electron chi connectivity index (χ2n) is 4.44. The van der Waals surface area contributed by atoms with Gasteiger partial charge in [0.1, 0.15) is 0 Å². The molecule has 0 spiro atoms. The number of nitrogens with zero attached hydrogens (tertiary/aromatic N) is 1. The lowest BCUT2D eigenvalue weighted by atomic mass is 10.2. The second kappa shape index (κ2) is 6.97. The molecule has 1 aromatic heterocycles. The first-order chi connectivity index (χ1) is 10.7. The zero-order chi connectivity index (χ0) is 17.2. The van der Waals surface area contributed by atoms with Gasteiger partial charge in [0.25, 0.3) is 11.5 Å². The van der Waals surface area contributed by atoms with Crippen LogP contribution >= 0.6 is 46.4 Å². The van der Waals surface area contributed by atoms with Crippen LogP contribution in [0.15, 0.2) is 46.1 Å². The Morgan fingerprint density at radius 2 is 1.74 bits per heavy atom. The summed E-state index contributed by atoms with van der Waals surface area (Å²) in [5.74, 6) is -0.587. The smallest absolute Gasteiger partial charge is 0.328 e. The molecule has 1 aromatic carbocycles. The number of aromatic nitrogens is 2. The first-order valence-corrected chi connectivity index (χ1v) is 7.64. The standard InChI is InChI=1S/C13H9Cl4N3O3/c14-8-3-1-7(2-4-8)10(22)19-11(13(15,16)17)20-6-5-9(21)18-12(20)23/h1-6,11H,(H,19,22)(H,18,21,23)/t11-/m0/s1. The van der Waals surface area contributed by atoms with Gasteiger partial charge in [-0.05, 0) is 24.3 Å². The predicted octanol–water partition coefficient (Wildman–Crippen LogP) is 2.49. The maximum absolute atomic E-state index is 12.2. The van der Waals surface area contributed by atoms with E-state index >= 15 is 0 Å². The van der Waals surface area contributed by atoms with Crippen molar-refractivity contribution in [2.24, 2.45) is 0 Å². The summed E-state index contributed by atoms with van der Waals surface area (Å²) in [5, 5.41) is 2.89. The van der Waals surface area contributed by atoms with Crippen LogP contribution in [0.5, 0.6) is 0 Å². The molecule has 10 heteroatoms. The van der Waals surface area contributed by atoms with Crippen molar-refractivity contribution in [2.45, 2.75) is 9.96 Å². The molecule has 0 unspecified atom stereocenters. The van der Waals surface area contributed by atoms with E-state index in [1.165, 1.54) is 24.3 Å². The van der Waals surface area contributed by atoms with E-state index in [0.29, 0.717) is 5.02 Å². The lowest BCUT2D eigenvalue weighted by Crippen LogP contribution is -2.46. The summed E-state index contributed by atoms with van der Waals surface area (Å²) in [5.41, 5.74) is -1.19. The van der Waals surface area contributed by atoms with Gasteiger partial charge in [-0.1, -0.05) is 46.4 Å². The molecular weight excluding hydrogens is 388 g/mol. The van der Waals surface area contributed by atoms with Crippen molar-refractivity contribution in [3.63, 3.8) is 0 Å². The zero-order valence-electron chi connectivity index (χ0n) is 11.2. The highest BCUT2D eigenvalue weighted by atomic mass is 35.6. The molecule has 1 amide bonds. The molecule has 2 rings (SSSR count). The van der Waals surface area contributed by atoms with E-state index in [-0.39, 0.29) is 5.56 Å². The molecule has 2 N–H and O–H groups in total. The first-order valence-electron chi connectivity index (χ1n) is 6.13. The SMILES string of the molecule is O=C(N[C@@H](n1ccc(=O)[nH]c1=O)C(Cl)(Cl)Cl)c1ccc(Cl)cc1. The molecule has 1 heterocycles. The number of amides is 1. The van der Waals surface area contributed by atoms with Crippen molar-refractivity contribution in [3.8, 4) is 0 Å². The van der Waals surface area contributed by atoms with Gasteiger partial charge in [0, 0.05) is 22.8 Å². The van der Waals surface area contributed by atoms with Crippen molar-refractivity contribution in [1.82, 2.24) is 14.9 Å². The highest BCUT2D eigenvalue weighted by molar-refractivity contribution is 6.67. The number of rotatable bonds is 3. The normalized spacial score (nSPS) is 12.7. The molecule has 23 heavy (non-hydrogen) atoms. The van der Waals surface area contributed by atoms with Crippen molar-refractivity contribution >= 4 is 52.3 Å². The fraction of sp³-hybridized carbons (Fsp3) is 0.154. The van der Waals surface area contributed by atoms with Crippen molar-refractivity contribution < 1.29 is 4.79 Å². The Morgan fingerprint density at radius 1 is 1.13 bits per heavy atom. The highest BCUT2D eigenvalue weighted by Crippen LogP contribution is 2.36. The lowest BCUT2D eigenvalue weighted by molar-refractivity contribution is 0.0919. The van der Waals surface area contributed by atoms with Crippen LogP contribution in [0.25, 0.3) is 0 Å². The zero-order valence-corrected chi connectivity index (χ0v) is 14.2. The predicted molar refractivity (Wildman–Crippen MR) is 89.6 cm³/mol. The number of halogens is 4. The molecule has 0 aliphatic rings. The molecule has 0 saturated heterocycles. The summed E-state index contributed by atoms with van der Waals surface area (Å²) in [6, 6.07) is 7.06. The van der Waals surface area contributed by atoms with Gasteiger partial charge in [-0.25, -0.2) is 4.79 Å². The van der Waals surface area contributed by atoms with Crippen LogP contribution in [0.4, 0.5) is 0 Å². The number of aromatic amines is 1. The quantitative estimate of drug-likeness (QED) is 0.781. The first kappa shape index (κ1) is 17.9. The van der Waals surface area contributed by atoms with Crippen LogP contribution < -0.4 is 16.6 Å². The summed E-state index contributed by atoms with van der Waals surface area (Å²) in [4.78, 5) is 37.2. The molecule has 0 aliphatic heterocycles. The molecule has 0 saturated carbocycles. The topological polar surface area (TPSA) is 84.0 Å². The second-order valence-corrected chi connectivity index (χ2v) is 7.25. The number of alkyl halides is 3. The van der Waals surface area contributed by atoms with Crippen LogP contribution in [-0.2, 0) is 0 Å². The Bertz CT molecular complexity index is 824. The maximum Gasteiger partial charge on any atom is 0.330 e. The third kappa shape index (κ3) is 4.51. The number of carbonyl (C=O) groups is 1. The molecule has 122 valence electrons. The molecule has 1 atom stereocenters. The molecule has 2 aromatic rings. The van der Waals surface area contributed by atoms with E-state index in [0.717, 1.165) is 16.8 Å². The summed E-state index contributed by atoms with van der Waals surface area (Å²) in [6.07, 6.45) is -0.212. The van der Waals surface area contributed by atoms with Crippen LogP contribution in [0, 0.1) is 0 Å². The van der Waals surface area contributed by atoms with Gasteiger partial charge < -0.3 is 5.32 Å². The minimum absolute atomic E-state index is 0.256. The van der Waals surface area contributed by atoms with Gasteiger partial charge in [-0.3, -0.25) is 19.1 Å². The number of hydrogen-bond acceptors (Lipinski definition) is 3. The average Bonchev–Trinajstić information content (AvgIpc) is 2.45. The molecular formula is C13H9Cl4N3O3. The van der Waals surface area contributed by atoms with E-state index < -0.39 is 27.1 Å². The Kier molecular flexibility index (Phi) is 5.41. The van der Waals surface area contributed by atoms with E-state index in [1.807, 2.05) is 4.98 Å². The van der Waals surface area contributed by atoms with Gasteiger partial charge in [0.05, 0.1) is 0 Å². The van der Waals surface area contributed by atoms with Gasteiger partial charge in [0.15, 0.2) is 6.17 Å². The fourth-order valence-corrected chi connectivity index (χ4v) is 2.35. The van der Waals surface area contributed by atoms with Gasteiger partial charge in [-0.2, -0.15) is 0 Å². The Balaban J connectivity index is 2.37. The number of H-pyrrole nitrogens is 1. The summed E-state index contributed by atoms with van der Waals surface area (Å²) >= 11 is 23.3. The monoisotopic (exact) mass is 395 g/mol. The number of nitrogens with one attached hydrogen (secondary N) is 2. The van der Waals surface area contributed by atoms with Gasteiger partial charge >= 0.3 is 5.69 Å². The number of carbonyl (C=O) groups excluding carboxylic acids is 1. The Morgan fingerprint density at radius 3 is 2.26 bits per heavy atom. The minimum Gasteiger partial charge on any atom is -0.328 e. The summed E-state index contributed by atoms with van der Waals surface area (Å²) in [7, 11) is 0. The fourth-order valence-electron chi connectivity index (χ4n) is 1.75. The number of hydrogen-bond donors (Lipinski definition) is 2. The van der Waals surface area contributed by atoms with Crippen molar-refractivity contribution in [3.05, 3.63) is 68.0 Å². The molecule has 6 nitrogen and oxygen atoms in total. The van der Waals surface area contributed by atoms with E-state index in [1.54, 1.807) is 0 Å². The minimum atomic E-state index is -2.04. The Hall–Kier alpha value is -1.47. The number of benzene rings is 1. The largest absolute Gasteiger partial charge is 0.330 e. The van der Waals surface area contributed by atoms with Gasteiger partial charge in [-0.15, -0.1) is 0 Å². The molecule has 0 radical (unpaired) electrons. The third-order valence-corrected chi connectivity index (χ3v) is 3.69. The molecule has 0 fully saturated rings. The van der Waals surface area contributed by atoms with Crippen LogP contribution in [-0.4, -0.2) is 19.3 Å². The van der Waals surface area contributed by atoms with Gasteiger partial charge in [0.2, 0.25) is 3.79 Å². The molecule has 0 aliphatic carbocycles. The molecule has 0 bridgehead atoms. The van der Waals surface area contributed by atoms with E-state index in [2.05, 4.69) is 5.32 Å². The summed E-state index contributed by atoms with van der Waals surface area (Å²) < 4.78 is -1.13. The maximum atomic E-state index is 12.2.